The van der Waals surface area contributed by atoms with E-state index >= 15 is 0 Å². The molecule has 10 heteroatoms. The fourth-order valence-corrected chi connectivity index (χ4v) is 4.89. The first-order valence-corrected chi connectivity index (χ1v) is 12.6. The summed E-state index contributed by atoms with van der Waals surface area (Å²) in [6.45, 7) is 0.194. The molecule has 0 fully saturated rings. The second-order valence-electron chi connectivity index (χ2n) is 8.56. The molecular formula is C28H29ClN2O6S. The monoisotopic (exact) mass is 556 g/mol. The minimum Gasteiger partial charge on any atom is -0.497 e. The lowest BCUT2D eigenvalue weighted by Crippen LogP contribution is -2.40. The number of methoxy groups -OCH3 is 4. The fraction of sp³-hybridized carbons (Fsp3) is 0.286. The average Bonchev–Trinajstić information content (AvgIpc) is 3.02. The number of nitrogens with two attached hydrogens (primary N) is 1. The number of fused-ring (bicyclic) bond motifs is 1. The van der Waals surface area contributed by atoms with Crippen molar-refractivity contribution in [2.75, 3.05) is 33.3 Å². The first-order chi connectivity index (χ1) is 18.3. The van der Waals surface area contributed by atoms with Gasteiger partial charge in [0.15, 0.2) is 11.5 Å². The Kier molecular flexibility index (Phi) is 8.61. The Morgan fingerprint density at radius 3 is 2.39 bits per heavy atom. The number of ether oxygens (including phenoxy) is 5. The number of amides is 1. The number of halogens is 1. The minimum absolute atomic E-state index is 0.0505. The molecule has 2 atom stereocenters. The van der Waals surface area contributed by atoms with E-state index in [1.165, 1.54) is 0 Å². The molecular weight excluding hydrogens is 528 g/mol. The van der Waals surface area contributed by atoms with Crippen molar-refractivity contribution in [3.63, 3.8) is 0 Å². The maximum atomic E-state index is 14.0. The van der Waals surface area contributed by atoms with E-state index in [2.05, 4.69) is 0 Å². The molecule has 0 radical (unpaired) electrons. The molecule has 1 aliphatic heterocycles. The lowest BCUT2D eigenvalue weighted by molar-refractivity contribution is -0.131. The van der Waals surface area contributed by atoms with Crippen molar-refractivity contribution < 1.29 is 28.5 Å². The van der Waals surface area contributed by atoms with Gasteiger partial charge in [-0.05, 0) is 36.4 Å². The van der Waals surface area contributed by atoms with Crippen molar-refractivity contribution >= 4 is 40.4 Å². The number of rotatable bonds is 9. The summed E-state index contributed by atoms with van der Waals surface area (Å²) in [5, 5.41) is 0.487. The van der Waals surface area contributed by atoms with Crippen LogP contribution in [0.1, 0.15) is 29.2 Å². The van der Waals surface area contributed by atoms with Gasteiger partial charge in [-0.2, -0.15) is 0 Å². The molecule has 0 spiro atoms. The number of thiocarbonyl (C=S) groups is 1. The molecule has 0 saturated heterocycles. The number of nitrogens with zero attached hydrogens (tertiary/aromatic N) is 1. The predicted octanol–water partition coefficient (Wildman–Crippen LogP) is 5.07. The van der Waals surface area contributed by atoms with Crippen LogP contribution in [0, 0.1) is 0 Å². The number of hydrogen-bond acceptors (Lipinski definition) is 7. The maximum absolute atomic E-state index is 14.0. The van der Waals surface area contributed by atoms with Crippen LogP contribution in [0.25, 0.3) is 0 Å². The number of anilines is 1. The highest BCUT2D eigenvalue weighted by Crippen LogP contribution is 2.45. The van der Waals surface area contributed by atoms with Gasteiger partial charge in [-0.1, -0.05) is 36.0 Å². The largest absolute Gasteiger partial charge is 0.497 e. The van der Waals surface area contributed by atoms with E-state index in [0.717, 1.165) is 5.56 Å². The van der Waals surface area contributed by atoms with Crippen LogP contribution in [-0.4, -0.2) is 45.4 Å². The molecule has 8 nitrogen and oxygen atoms in total. The van der Waals surface area contributed by atoms with Crippen LogP contribution in [0.2, 0.25) is 5.02 Å². The van der Waals surface area contributed by atoms with Crippen LogP contribution >= 0.6 is 23.8 Å². The van der Waals surface area contributed by atoms with Crippen molar-refractivity contribution in [2.24, 2.45) is 5.73 Å². The molecule has 0 bridgehead atoms. The van der Waals surface area contributed by atoms with Gasteiger partial charge in [0.05, 0.1) is 45.7 Å². The average molecular weight is 557 g/mol. The Morgan fingerprint density at radius 2 is 1.74 bits per heavy atom. The van der Waals surface area contributed by atoms with E-state index in [1.54, 1.807) is 63.7 Å². The van der Waals surface area contributed by atoms with Crippen molar-refractivity contribution in [1.82, 2.24) is 0 Å². The molecule has 2 N–H and O–H groups in total. The van der Waals surface area contributed by atoms with Gasteiger partial charge in [0.2, 0.25) is 0 Å². The van der Waals surface area contributed by atoms with Crippen LogP contribution < -0.4 is 29.6 Å². The van der Waals surface area contributed by atoms with Crippen LogP contribution in [-0.2, 0) is 16.1 Å². The molecule has 4 rings (SSSR count). The van der Waals surface area contributed by atoms with Crippen molar-refractivity contribution in [2.45, 2.75) is 25.2 Å². The first kappa shape index (κ1) is 27.5. The third-order valence-electron chi connectivity index (χ3n) is 6.33. The van der Waals surface area contributed by atoms with Crippen LogP contribution in [0.5, 0.6) is 23.0 Å². The third kappa shape index (κ3) is 5.50. The number of carbonyl (C=O) groups excluding carboxylic acids is 1. The van der Waals surface area contributed by atoms with E-state index in [4.69, 9.17) is 53.2 Å². The minimum atomic E-state index is -0.969. The Morgan fingerprint density at radius 1 is 0.974 bits per heavy atom. The Labute approximate surface area is 232 Å². The van der Waals surface area contributed by atoms with Gasteiger partial charge < -0.3 is 34.3 Å². The summed E-state index contributed by atoms with van der Waals surface area (Å²) in [5.41, 5.74) is 8.65. The molecule has 1 aliphatic rings. The first-order valence-electron chi connectivity index (χ1n) is 11.8. The van der Waals surface area contributed by atoms with Crippen molar-refractivity contribution in [3.05, 3.63) is 76.3 Å². The molecule has 1 heterocycles. The number of hydrogen-bond donors (Lipinski definition) is 1. The van der Waals surface area contributed by atoms with Gasteiger partial charge in [-0.3, -0.25) is 4.79 Å². The van der Waals surface area contributed by atoms with Gasteiger partial charge in [0, 0.05) is 34.2 Å². The summed E-state index contributed by atoms with van der Waals surface area (Å²) in [5.74, 6) is 1.93. The Balaban J connectivity index is 1.91. The summed E-state index contributed by atoms with van der Waals surface area (Å²) >= 11 is 11.7. The molecule has 200 valence electrons. The van der Waals surface area contributed by atoms with Gasteiger partial charge in [0.1, 0.15) is 23.7 Å². The van der Waals surface area contributed by atoms with E-state index in [-0.39, 0.29) is 23.9 Å². The highest BCUT2D eigenvalue weighted by atomic mass is 35.5. The maximum Gasteiger partial charge on any atom is 0.256 e. The molecule has 2 unspecified atom stereocenters. The van der Waals surface area contributed by atoms with E-state index in [9.17, 15) is 4.79 Å². The standard InChI is InChI=1S/C28H29ClN2O6S/c1-33-18-10-8-16(23(13-18)35-3)15-31-21-11-9-17(29)12-20(21)26(37-24(28(31)32)14-25(30)38)19-6-5-7-22(34-2)27(19)36-4/h5-13,24,26H,14-15H2,1-4H3,(H2,30,38). The van der Waals surface area contributed by atoms with E-state index < -0.39 is 12.2 Å². The zero-order valence-electron chi connectivity index (χ0n) is 21.5. The predicted molar refractivity (Wildman–Crippen MR) is 150 cm³/mol. The fourth-order valence-electron chi connectivity index (χ4n) is 4.56. The number of para-hydroxylation sites is 1. The summed E-state index contributed by atoms with van der Waals surface area (Å²) in [6.07, 6.45) is -1.65. The van der Waals surface area contributed by atoms with Crippen LogP contribution in [0.3, 0.4) is 0 Å². The van der Waals surface area contributed by atoms with Crippen molar-refractivity contribution in [3.8, 4) is 23.0 Å². The SMILES string of the molecule is COc1ccc(CN2C(=O)C(CC(N)=S)OC(c3cccc(OC)c3OC)c3cc(Cl)ccc32)c(OC)c1. The van der Waals surface area contributed by atoms with Crippen LogP contribution in [0.15, 0.2) is 54.6 Å². The normalized spacial score (nSPS) is 16.9. The number of benzene rings is 3. The van der Waals surface area contributed by atoms with Gasteiger partial charge in [0.25, 0.3) is 5.91 Å². The second kappa shape index (κ2) is 11.9. The van der Waals surface area contributed by atoms with Crippen LogP contribution in [0.4, 0.5) is 5.69 Å². The molecule has 3 aromatic carbocycles. The van der Waals surface area contributed by atoms with Gasteiger partial charge in [-0.25, -0.2) is 0 Å². The third-order valence-corrected chi connectivity index (χ3v) is 6.73. The Hall–Kier alpha value is -3.53. The zero-order valence-corrected chi connectivity index (χ0v) is 23.1. The second-order valence-corrected chi connectivity index (χ2v) is 9.52. The highest BCUT2D eigenvalue weighted by Gasteiger charge is 2.38. The highest BCUT2D eigenvalue weighted by molar-refractivity contribution is 7.80. The van der Waals surface area contributed by atoms with Crippen molar-refractivity contribution in [1.29, 1.82) is 0 Å². The molecule has 3 aromatic rings. The summed E-state index contributed by atoms with van der Waals surface area (Å²) < 4.78 is 28.7. The van der Waals surface area contributed by atoms with Gasteiger partial charge >= 0.3 is 0 Å². The lowest BCUT2D eigenvalue weighted by atomic mass is 9.97. The topological polar surface area (TPSA) is 92.5 Å². The summed E-state index contributed by atoms with van der Waals surface area (Å²) in [4.78, 5) is 15.8. The molecule has 38 heavy (non-hydrogen) atoms. The molecule has 1 amide bonds. The smallest absolute Gasteiger partial charge is 0.256 e. The summed E-state index contributed by atoms with van der Waals surface area (Å²) in [6, 6.07) is 16.3. The zero-order chi connectivity index (χ0) is 27.4. The lowest BCUT2D eigenvalue weighted by Gasteiger charge is -2.26. The van der Waals surface area contributed by atoms with Gasteiger partial charge in [-0.15, -0.1) is 0 Å². The molecule has 0 aromatic heterocycles. The summed E-state index contributed by atoms with van der Waals surface area (Å²) in [7, 11) is 6.26. The molecule has 0 saturated carbocycles. The quantitative estimate of drug-likeness (QED) is 0.365. The van der Waals surface area contributed by atoms with E-state index in [0.29, 0.717) is 44.8 Å². The van der Waals surface area contributed by atoms with E-state index in [1.807, 2.05) is 24.3 Å². The Bertz CT molecular complexity index is 1350. The molecule has 0 aliphatic carbocycles. The number of carbonyl (C=O) groups is 1.